The minimum atomic E-state index is -0.797. The maximum Gasteiger partial charge on any atom is 0.514 e. The van der Waals surface area contributed by atoms with Crippen molar-refractivity contribution < 1.29 is 19.2 Å². The number of benzene rings is 2. The predicted octanol–water partition coefficient (Wildman–Crippen LogP) is 4.88. The molecular weight excluding hydrogens is 310 g/mol. The molecule has 6 heteroatoms. The lowest BCUT2D eigenvalue weighted by Crippen LogP contribution is -2.25. The molecule has 0 amide bonds. The van der Waals surface area contributed by atoms with E-state index >= 15 is 0 Å². The van der Waals surface area contributed by atoms with Crippen molar-refractivity contribution in [2.75, 3.05) is 0 Å². The Morgan fingerprint density at radius 2 is 1.75 bits per heavy atom. The molecule has 0 atom stereocenters. The summed E-state index contributed by atoms with van der Waals surface area (Å²) in [5.41, 5.74) is 1.36. The summed E-state index contributed by atoms with van der Waals surface area (Å²) in [6.07, 6.45) is -0.797. The highest BCUT2D eigenvalue weighted by Gasteiger charge is 2.18. The lowest BCUT2D eigenvalue weighted by atomic mass is 10.0. The van der Waals surface area contributed by atoms with Gasteiger partial charge in [-0.3, -0.25) is 10.1 Å². The molecule has 0 saturated heterocycles. The molecule has 0 heterocycles. The second-order valence-corrected chi connectivity index (χ2v) is 6.35. The normalized spacial score (nSPS) is 11.0. The zero-order valence-electron chi connectivity index (χ0n) is 14.0. The van der Waals surface area contributed by atoms with Crippen LogP contribution in [0.25, 0.3) is 11.1 Å². The Hall–Kier alpha value is -2.89. The van der Waals surface area contributed by atoms with Crippen LogP contribution >= 0.6 is 0 Å². The molecule has 2 aromatic carbocycles. The summed E-state index contributed by atoms with van der Waals surface area (Å²) in [6, 6.07) is 11.7. The molecule has 6 nitrogen and oxygen atoms in total. The fourth-order valence-corrected chi connectivity index (χ4v) is 2.09. The molecule has 2 rings (SSSR count). The fourth-order valence-electron chi connectivity index (χ4n) is 2.09. The van der Waals surface area contributed by atoms with Gasteiger partial charge < -0.3 is 9.47 Å². The number of hydrogen-bond donors (Lipinski definition) is 0. The van der Waals surface area contributed by atoms with E-state index in [9.17, 15) is 14.9 Å². The van der Waals surface area contributed by atoms with E-state index in [0.717, 1.165) is 0 Å². The highest BCUT2D eigenvalue weighted by atomic mass is 16.7. The van der Waals surface area contributed by atoms with E-state index in [0.29, 0.717) is 22.4 Å². The van der Waals surface area contributed by atoms with Crippen LogP contribution in [0, 0.1) is 17.0 Å². The summed E-state index contributed by atoms with van der Waals surface area (Å²) in [7, 11) is 0. The van der Waals surface area contributed by atoms with E-state index in [1.807, 2.05) is 0 Å². The van der Waals surface area contributed by atoms with Gasteiger partial charge in [0.1, 0.15) is 11.4 Å². The number of carbonyl (C=O) groups is 1. The highest BCUT2D eigenvalue weighted by molar-refractivity contribution is 5.70. The number of rotatable bonds is 3. The van der Waals surface area contributed by atoms with Crippen molar-refractivity contribution in [1.29, 1.82) is 0 Å². The molecule has 0 aliphatic rings. The second kappa shape index (κ2) is 6.70. The monoisotopic (exact) mass is 329 g/mol. The van der Waals surface area contributed by atoms with Crippen LogP contribution in [0.3, 0.4) is 0 Å². The molecular formula is C18H19NO5. The van der Waals surface area contributed by atoms with Crippen molar-refractivity contribution in [3.63, 3.8) is 0 Å². The number of nitro groups is 1. The van der Waals surface area contributed by atoms with Crippen molar-refractivity contribution >= 4 is 11.8 Å². The molecule has 0 N–H and O–H groups in total. The van der Waals surface area contributed by atoms with E-state index in [1.54, 1.807) is 64.1 Å². The van der Waals surface area contributed by atoms with Gasteiger partial charge in [0.15, 0.2) is 0 Å². The van der Waals surface area contributed by atoms with E-state index in [2.05, 4.69) is 0 Å². The molecule has 2 aromatic rings. The molecule has 0 fully saturated rings. The third kappa shape index (κ3) is 4.55. The van der Waals surface area contributed by atoms with Gasteiger partial charge in [0.25, 0.3) is 5.69 Å². The Balaban J connectivity index is 2.26. The van der Waals surface area contributed by atoms with Crippen LogP contribution in [0.5, 0.6) is 5.75 Å². The topological polar surface area (TPSA) is 78.7 Å². The molecule has 0 radical (unpaired) electrons. The maximum atomic E-state index is 11.7. The summed E-state index contributed by atoms with van der Waals surface area (Å²) in [5.74, 6) is 0.310. The molecule has 0 saturated carbocycles. The van der Waals surface area contributed by atoms with Crippen molar-refractivity contribution in [2.45, 2.75) is 33.3 Å². The lowest BCUT2D eigenvalue weighted by molar-refractivity contribution is -0.385. The van der Waals surface area contributed by atoms with Gasteiger partial charge in [-0.2, -0.15) is 0 Å². The summed E-state index contributed by atoms with van der Waals surface area (Å²) in [5, 5.41) is 11.1. The number of nitro benzene ring substituents is 1. The van der Waals surface area contributed by atoms with Crippen LogP contribution < -0.4 is 4.74 Å². The minimum Gasteiger partial charge on any atom is -0.428 e. The third-order valence-corrected chi connectivity index (χ3v) is 3.16. The Kier molecular flexibility index (Phi) is 4.87. The molecule has 0 aliphatic carbocycles. The molecule has 0 spiro atoms. The SMILES string of the molecule is Cc1ccc(-c2cccc(OC(=O)OC(C)(C)C)c2)cc1[N+](=O)[O-]. The Morgan fingerprint density at radius 3 is 2.38 bits per heavy atom. The molecule has 0 unspecified atom stereocenters. The van der Waals surface area contributed by atoms with Gasteiger partial charge in [-0.1, -0.05) is 24.3 Å². The Labute approximate surface area is 140 Å². The number of nitrogens with zero attached hydrogens (tertiary/aromatic N) is 1. The van der Waals surface area contributed by atoms with Crippen LogP contribution in [-0.4, -0.2) is 16.7 Å². The van der Waals surface area contributed by atoms with Crippen LogP contribution in [0.1, 0.15) is 26.3 Å². The quantitative estimate of drug-likeness (QED) is 0.347. The zero-order valence-corrected chi connectivity index (χ0v) is 14.0. The van der Waals surface area contributed by atoms with Crippen molar-refractivity contribution in [3.05, 3.63) is 58.1 Å². The molecule has 126 valence electrons. The average Bonchev–Trinajstić information content (AvgIpc) is 2.45. The van der Waals surface area contributed by atoms with Gasteiger partial charge in [-0.25, -0.2) is 4.79 Å². The molecule has 0 bridgehead atoms. The Morgan fingerprint density at radius 1 is 1.08 bits per heavy atom. The van der Waals surface area contributed by atoms with Crippen molar-refractivity contribution in [2.24, 2.45) is 0 Å². The van der Waals surface area contributed by atoms with Gasteiger partial charge in [0.05, 0.1) is 4.92 Å². The first-order valence-corrected chi connectivity index (χ1v) is 7.42. The second-order valence-electron chi connectivity index (χ2n) is 6.35. The largest absolute Gasteiger partial charge is 0.514 e. The number of hydrogen-bond acceptors (Lipinski definition) is 5. The predicted molar refractivity (Wildman–Crippen MR) is 90.1 cm³/mol. The lowest BCUT2D eigenvalue weighted by Gasteiger charge is -2.18. The van der Waals surface area contributed by atoms with E-state index in [4.69, 9.17) is 9.47 Å². The van der Waals surface area contributed by atoms with Crippen LogP contribution in [0.4, 0.5) is 10.5 Å². The number of ether oxygens (including phenoxy) is 2. The summed E-state index contributed by atoms with van der Waals surface area (Å²) in [4.78, 5) is 22.4. The van der Waals surface area contributed by atoms with Gasteiger partial charge in [-0.15, -0.1) is 0 Å². The number of carbonyl (C=O) groups excluding carboxylic acids is 1. The molecule has 24 heavy (non-hydrogen) atoms. The van der Waals surface area contributed by atoms with E-state index < -0.39 is 16.7 Å². The Bertz CT molecular complexity index is 777. The van der Waals surface area contributed by atoms with Gasteiger partial charge in [0.2, 0.25) is 0 Å². The molecule has 0 aliphatic heterocycles. The minimum absolute atomic E-state index is 0.0472. The fraction of sp³-hybridized carbons (Fsp3) is 0.278. The average molecular weight is 329 g/mol. The molecule has 0 aromatic heterocycles. The summed E-state index contributed by atoms with van der Waals surface area (Å²) < 4.78 is 10.3. The van der Waals surface area contributed by atoms with Crippen LogP contribution in [0.15, 0.2) is 42.5 Å². The summed E-state index contributed by atoms with van der Waals surface area (Å²) in [6.45, 7) is 6.92. The number of aryl methyl sites for hydroxylation is 1. The highest BCUT2D eigenvalue weighted by Crippen LogP contribution is 2.29. The van der Waals surface area contributed by atoms with Gasteiger partial charge in [0, 0.05) is 11.6 Å². The van der Waals surface area contributed by atoms with E-state index in [-0.39, 0.29) is 5.69 Å². The third-order valence-electron chi connectivity index (χ3n) is 3.16. The van der Waals surface area contributed by atoms with Gasteiger partial charge in [-0.05, 0) is 51.0 Å². The van der Waals surface area contributed by atoms with Gasteiger partial charge >= 0.3 is 6.16 Å². The van der Waals surface area contributed by atoms with Crippen molar-refractivity contribution in [3.8, 4) is 16.9 Å². The summed E-state index contributed by atoms with van der Waals surface area (Å²) >= 11 is 0. The van der Waals surface area contributed by atoms with Crippen LogP contribution in [-0.2, 0) is 4.74 Å². The van der Waals surface area contributed by atoms with Crippen LogP contribution in [0.2, 0.25) is 0 Å². The first-order valence-electron chi connectivity index (χ1n) is 7.42. The first kappa shape index (κ1) is 17.5. The van der Waals surface area contributed by atoms with E-state index in [1.165, 1.54) is 6.07 Å². The van der Waals surface area contributed by atoms with Crippen molar-refractivity contribution in [1.82, 2.24) is 0 Å². The maximum absolute atomic E-state index is 11.7. The first-order chi connectivity index (χ1) is 11.2. The zero-order chi connectivity index (χ0) is 17.9. The smallest absolute Gasteiger partial charge is 0.428 e. The standard InChI is InChI=1S/C18H19NO5/c1-12-8-9-14(11-16(12)19(21)22)13-6-5-7-15(10-13)23-17(20)24-18(2,3)4/h5-11H,1-4H3.